The number of ether oxygens (including phenoxy) is 1. The second-order valence-corrected chi connectivity index (χ2v) is 5.99. The summed E-state index contributed by atoms with van der Waals surface area (Å²) in [4.78, 5) is 2.50. The van der Waals surface area contributed by atoms with E-state index in [1.807, 2.05) is 0 Å². The van der Waals surface area contributed by atoms with Gasteiger partial charge in [0.15, 0.2) is 0 Å². The lowest BCUT2D eigenvalue weighted by molar-refractivity contribution is 0.0497. The molecule has 2 unspecified atom stereocenters. The molecule has 2 heterocycles. The zero-order chi connectivity index (χ0) is 13.8. The number of benzene rings is 1. The van der Waals surface area contributed by atoms with Gasteiger partial charge in [0.1, 0.15) is 0 Å². The zero-order valence-corrected chi connectivity index (χ0v) is 12.5. The minimum absolute atomic E-state index is 0.412. The summed E-state index contributed by atoms with van der Waals surface area (Å²) in [5.74, 6) is 0. The smallest absolute Gasteiger partial charge is 0.0755 e. The van der Waals surface area contributed by atoms with Crippen molar-refractivity contribution in [3.8, 4) is 0 Å². The van der Waals surface area contributed by atoms with Crippen molar-refractivity contribution in [1.29, 1.82) is 0 Å². The number of fused-ring (bicyclic) bond motifs is 1. The molecule has 0 aliphatic carbocycles. The molecule has 3 nitrogen and oxygen atoms in total. The molecule has 2 atom stereocenters. The third-order valence-corrected chi connectivity index (χ3v) is 4.40. The highest BCUT2D eigenvalue weighted by atomic mass is 16.5. The van der Waals surface area contributed by atoms with E-state index in [0.29, 0.717) is 12.2 Å². The van der Waals surface area contributed by atoms with Gasteiger partial charge in [-0.1, -0.05) is 25.1 Å². The maximum atomic E-state index is 6.18. The van der Waals surface area contributed by atoms with Crippen molar-refractivity contribution in [2.75, 3.05) is 31.1 Å². The normalized spacial score (nSPS) is 25.1. The lowest BCUT2D eigenvalue weighted by Gasteiger charge is -2.23. The first-order valence-corrected chi connectivity index (χ1v) is 8.06. The fourth-order valence-corrected chi connectivity index (χ4v) is 3.35. The van der Waals surface area contributed by atoms with E-state index >= 15 is 0 Å². The van der Waals surface area contributed by atoms with Gasteiger partial charge < -0.3 is 15.0 Å². The summed E-state index contributed by atoms with van der Waals surface area (Å²) in [6.45, 7) is 6.53. The van der Waals surface area contributed by atoms with Gasteiger partial charge in [-0.3, -0.25) is 0 Å². The van der Waals surface area contributed by atoms with Gasteiger partial charge >= 0.3 is 0 Å². The Kier molecular flexibility index (Phi) is 4.58. The lowest BCUT2D eigenvalue weighted by atomic mass is 10.1. The number of hydrogen-bond acceptors (Lipinski definition) is 3. The van der Waals surface area contributed by atoms with Gasteiger partial charge in [-0.15, -0.1) is 0 Å². The Bertz CT molecular complexity index is 435. The topological polar surface area (TPSA) is 24.5 Å². The van der Waals surface area contributed by atoms with Crippen LogP contribution in [0.1, 0.15) is 31.7 Å². The first kappa shape index (κ1) is 13.9. The number of anilines is 1. The third-order valence-electron chi connectivity index (χ3n) is 4.40. The molecule has 3 rings (SSSR count). The predicted octanol–water partition coefficient (Wildman–Crippen LogP) is 2.60. The van der Waals surface area contributed by atoms with Gasteiger partial charge in [0.25, 0.3) is 0 Å². The molecule has 0 amide bonds. The van der Waals surface area contributed by atoms with Crippen LogP contribution < -0.4 is 10.2 Å². The van der Waals surface area contributed by atoms with E-state index in [4.69, 9.17) is 4.74 Å². The van der Waals surface area contributed by atoms with Gasteiger partial charge in [0, 0.05) is 25.3 Å². The SMILES string of the molecule is CCCNCC1CCC(CN2CCc3ccccc32)O1. The molecule has 2 aliphatic rings. The molecule has 1 aromatic rings. The fourth-order valence-electron chi connectivity index (χ4n) is 3.35. The summed E-state index contributed by atoms with van der Waals surface area (Å²) >= 11 is 0. The van der Waals surface area contributed by atoms with E-state index in [9.17, 15) is 0 Å². The molecule has 2 aliphatic heterocycles. The molecule has 1 fully saturated rings. The van der Waals surface area contributed by atoms with Crippen molar-refractivity contribution >= 4 is 5.69 Å². The second kappa shape index (κ2) is 6.59. The molecule has 0 bridgehead atoms. The Morgan fingerprint density at radius 3 is 3.00 bits per heavy atom. The van der Waals surface area contributed by atoms with E-state index in [-0.39, 0.29) is 0 Å². The van der Waals surface area contributed by atoms with Gasteiger partial charge in [-0.05, 0) is 43.9 Å². The molecular weight excluding hydrogens is 248 g/mol. The quantitative estimate of drug-likeness (QED) is 0.807. The van der Waals surface area contributed by atoms with Crippen molar-refractivity contribution in [2.24, 2.45) is 0 Å². The van der Waals surface area contributed by atoms with Crippen LogP contribution >= 0.6 is 0 Å². The summed E-state index contributed by atoms with van der Waals surface area (Å²) in [6, 6.07) is 8.79. The number of rotatable bonds is 6. The number of para-hydroxylation sites is 1. The van der Waals surface area contributed by atoms with E-state index in [1.54, 1.807) is 0 Å². The van der Waals surface area contributed by atoms with E-state index in [0.717, 1.165) is 26.2 Å². The first-order valence-electron chi connectivity index (χ1n) is 8.06. The number of nitrogens with one attached hydrogen (secondary N) is 1. The summed E-state index contributed by atoms with van der Waals surface area (Å²) in [5, 5.41) is 3.47. The Morgan fingerprint density at radius 1 is 1.25 bits per heavy atom. The maximum absolute atomic E-state index is 6.18. The summed E-state index contributed by atoms with van der Waals surface area (Å²) in [5.41, 5.74) is 2.91. The van der Waals surface area contributed by atoms with Crippen LogP contribution in [0.5, 0.6) is 0 Å². The predicted molar refractivity (Wildman–Crippen MR) is 83.4 cm³/mol. The van der Waals surface area contributed by atoms with Crippen LogP contribution in [0.15, 0.2) is 24.3 Å². The number of hydrogen-bond donors (Lipinski definition) is 1. The van der Waals surface area contributed by atoms with Crippen LogP contribution in [0.3, 0.4) is 0 Å². The molecule has 0 saturated carbocycles. The van der Waals surface area contributed by atoms with Crippen LogP contribution in [0.2, 0.25) is 0 Å². The van der Waals surface area contributed by atoms with E-state index < -0.39 is 0 Å². The second-order valence-electron chi connectivity index (χ2n) is 5.99. The van der Waals surface area contributed by atoms with Gasteiger partial charge in [0.2, 0.25) is 0 Å². The molecular formula is C17H26N2O. The Labute approximate surface area is 122 Å². The van der Waals surface area contributed by atoms with Crippen LogP contribution in [0.4, 0.5) is 5.69 Å². The fraction of sp³-hybridized carbons (Fsp3) is 0.647. The van der Waals surface area contributed by atoms with Crippen molar-refractivity contribution in [1.82, 2.24) is 5.32 Å². The highest BCUT2D eigenvalue weighted by Crippen LogP contribution is 2.29. The molecule has 1 aromatic carbocycles. The first-order chi connectivity index (χ1) is 9.86. The summed E-state index contributed by atoms with van der Waals surface area (Å²) < 4.78 is 6.18. The van der Waals surface area contributed by atoms with Crippen LogP contribution in [-0.4, -0.2) is 38.4 Å². The average Bonchev–Trinajstić information content (AvgIpc) is 3.08. The maximum Gasteiger partial charge on any atom is 0.0755 e. The molecule has 0 aromatic heterocycles. The van der Waals surface area contributed by atoms with Gasteiger partial charge in [-0.25, -0.2) is 0 Å². The third kappa shape index (κ3) is 3.15. The lowest BCUT2D eigenvalue weighted by Crippen LogP contribution is -2.33. The Balaban J connectivity index is 1.48. The summed E-state index contributed by atoms with van der Waals surface area (Å²) in [6.07, 6.45) is 5.62. The van der Waals surface area contributed by atoms with Crippen molar-refractivity contribution < 1.29 is 4.74 Å². The largest absolute Gasteiger partial charge is 0.372 e. The zero-order valence-electron chi connectivity index (χ0n) is 12.5. The minimum atomic E-state index is 0.412. The van der Waals surface area contributed by atoms with Gasteiger partial charge in [-0.2, -0.15) is 0 Å². The van der Waals surface area contributed by atoms with Gasteiger partial charge in [0.05, 0.1) is 12.2 Å². The molecule has 0 spiro atoms. The van der Waals surface area contributed by atoms with Crippen LogP contribution in [-0.2, 0) is 11.2 Å². The molecule has 1 saturated heterocycles. The minimum Gasteiger partial charge on any atom is -0.372 e. The number of nitrogens with zero attached hydrogens (tertiary/aromatic N) is 1. The summed E-state index contributed by atoms with van der Waals surface area (Å²) in [7, 11) is 0. The highest BCUT2D eigenvalue weighted by Gasteiger charge is 2.28. The van der Waals surface area contributed by atoms with Crippen molar-refractivity contribution in [2.45, 2.75) is 44.8 Å². The molecule has 110 valence electrons. The average molecular weight is 274 g/mol. The highest BCUT2D eigenvalue weighted by molar-refractivity contribution is 5.57. The van der Waals surface area contributed by atoms with Crippen LogP contribution in [0.25, 0.3) is 0 Å². The molecule has 3 heteroatoms. The standard InChI is InChI=1S/C17H26N2O/c1-2-10-18-12-15-7-8-16(20-15)13-19-11-9-14-5-3-4-6-17(14)19/h3-6,15-16,18H,2,7-13H2,1H3. The monoisotopic (exact) mass is 274 g/mol. The van der Waals surface area contributed by atoms with E-state index in [1.165, 1.54) is 36.9 Å². The van der Waals surface area contributed by atoms with Crippen molar-refractivity contribution in [3.63, 3.8) is 0 Å². The Morgan fingerprint density at radius 2 is 2.10 bits per heavy atom. The molecule has 1 N–H and O–H groups in total. The Hall–Kier alpha value is -1.06. The molecule has 20 heavy (non-hydrogen) atoms. The van der Waals surface area contributed by atoms with Crippen molar-refractivity contribution in [3.05, 3.63) is 29.8 Å². The van der Waals surface area contributed by atoms with E-state index in [2.05, 4.69) is 41.4 Å². The van der Waals surface area contributed by atoms with Crippen LogP contribution in [0, 0.1) is 0 Å². The molecule has 0 radical (unpaired) electrons.